The van der Waals surface area contributed by atoms with Gasteiger partial charge in [0.1, 0.15) is 5.82 Å². The van der Waals surface area contributed by atoms with Crippen molar-refractivity contribution in [2.45, 2.75) is 24.7 Å². The quantitative estimate of drug-likeness (QED) is 0.678. The summed E-state index contributed by atoms with van der Waals surface area (Å²) < 4.78 is 19.4. The molecule has 1 atom stereocenters. The second-order valence-corrected chi connectivity index (χ2v) is 5.41. The van der Waals surface area contributed by atoms with E-state index in [1.807, 2.05) is 0 Å². The molecule has 1 aliphatic heterocycles. The summed E-state index contributed by atoms with van der Waals surface area (Å²) in [5.74, 6) is 1.14. The fraction of sp³-hybridized carbons (Fsp3) is 0.500. The molecule has 1 aliphatic rings. The van der Waals surface area contributed by atoms with Gasteiger partial charge in [0.25, 0.3) is 0 Å². The zero-order chi connectivity index (χ0) is 9.47. The van der Waals surface area contributed by atoms with Gasteiger partial charge in [0, 0.05) is 11.9 Å². The molecule has 0 saturated heterocycles. The van der Waals surface area contributed by atoms with E-state index in [9.17, 15) is 4.21 Å². The molecule has 2 rings (SSSR count). The van der Waals surface area contributed by atoms with E-state index in [2.05, 4.69) is 9.97 Å². The molecule has 1 unspecified atom stereocenters. The molecule has 0 aliphatic carbocycles. The van der Waals surface area contributed by atoms with E-state index in [1.54, 1.807) is 13.1 Å². The van der Waals surface area contributed by atoms with Gasteiger partial charge in [-0.05, 0) is 19.8 Å². The molecule has 0 amide bonds. The number of rotatable bonds is 0. The SMILES string of the molecule is Cc1ncc2c(n1)CCCS2(=N)=O. The van der Waals surface area contributed by atoms with Gasteiger partial charge in [-0.1, -0.05) is 0 Å². The number of nitrogens with zero attached hydrogens (tertiary/aromatic N) is 2. The first kappa shape index (κ1) is 8.62. The Kier molecular flexibility index (Phi) is 1.83. The number of hydrogen-bond donors (Lipinski definition) is 1. The lowest BCUT2D eigenvalue weighted by atomic mass is 10.2. The zero-order valence-electron chi connectivity index (χ0n) is 7.41. The van der Waals surface area contributed by atoms with Gasteiger partial charge < -0.3 is 0 Å². The molecule has 13 heavy (non-hydrogen) atoms. The van der Waals surface area contributed by atoms with Gasteiger partial charge in [-0.15, -0.1) is 0 Å². The molecule has 0 aromatic carbocycles. The maximum absolute atomic E-state index is 11.7. The lowest BCUT2D eigenvalue weighted by molar-refractivity contribution is 0.659. The van der Waals surface area contributed by atoms with Crippen LogP contribution in [0, 0.1) is 11.7 Å². The topological polar surface area (TPSA) is 66.7 Å². The molecule has 0 bridgehead atoms. The average Bonchev–Trinajstić information content (AvgIpc) is 2.02. The van der Waals surface area contributed by atoms with Crippen LogP contribution in [0.2, 0.25) is 0 Å². The summed E-state index contributed by atoms with van der Waals surface area (Å²) in [6, 6.07) is 0. The molecule has 2 heterocycles. The van der Waals surface area contributed by atoms with Crippen LogP contribution in [0.3, 0.4) is 0 Å². The van der Waals surface area contributed by atoms with Crippen molar-refractivity contribution in [1.82, 2.24) is 9.97 Å². The van der Waals surface area contributed by atoms with Crippen molar-refractivity contribution in [2.24, 2.45) is 0 Å². The van der Waals surface area contributed by atoms with Gasteiger partial charge in [-0.3, -0.25) is 0 Å². The molecule has 5 heteroatoms. The van der Waals surface area contributed by atoms with Crippen LogP contribution in [-0.2, 0) is 16.1 Å². The second kappa shape index (κ2) is 2.77. The van der Waals surface area contributed by atoms with Crippen molar-refractivity contribution in [1.29, 1.82) is 4.78 Å². The van der Waals surface area contributed by atoms with Crippen molar-refractivity contribution < 1.29 is 4.21 Å². The highest BCUT2D eigenvalue weighted by molar-refractivity contribution is 7.92. The predicted octanol–water partition coefficient (Wildman–Crippen LogP) is 1.14. The van der Waals surface area contributed by atoms with E-state index in [-0.39, 0.29) is 0 Å². The van der Waals surface area contributed by atoms with Gasteiger partial charge in [0.15, 0.2) is 0 Å². The smallest absolute Gasteiger partial charge is 0.125 e. The maximum atomic E-state index is 11.7. The third kappa shape index (κ3) is 1.44. The summed E-state index contributed by atoms with van der Waals surface area (Å²) in [5.41, 5.74) is 0.804. The lowest BCUT2D eigenvalue weighted by Crippen LogP contribution is -2.17. The molecular weight excluding hydrogens is 186 g/mol. The lowest BCUT2D eigenvalue weighted by Gasteiger charge is -2.16. The van der Waals surface area contributed by atoms with Crippen LogP contribution >= 0.6 is 0 Å². The minimum atomic E-state index is -2.58. The van der Waals surface area contributed by atoms with Gasteiger partial charge in [-0.2, -0.15) is 0 Å². The minimum absolute atomic E-state index is 0.451. The fourth-order valence-electron chi connectivity index (χ4n) is 1.51. The number of aryl methyl sites for hydroxylation is 2. The zero-order valence-corrected chi connectivity index (χ0v) is 8.23. The van der Waals surface area contributed by atoms with Crippen LogP contribution in [0.25, 0.3) is 0 Å². The van der Waals surface area contributed by atoms with Crippen LogP contribution in [0.15, 0.2) is 11.1 Å². The predicted molar refractivity (Wildman–Crippen MR) is 49.1 cm³/mol. The highest BCUT2D eigenvalue weighted by atomic mass is 32.2. The first-order valence-electron chi connectivity index (χ1n) is 4.18. The van der Waals surface area contributed by atoms with Crippen molar-refractivity contribution in [3.63, 3.8) is 0 Å². The largest absolute Gasteiger partial charge is 0.249 e. The molecule has 1 aromatic rings. The van der Waals surface area contributed by atoms with E-state index >= 15 is 0 Å². The van der Waals surface area contributed by atoms with E-state index in [1.165, 1.54) is 0 Å². The molecule has 4 nitrogen and oxygen atoms in total. The normalized spacial score (nSPS) is 26.8. The Bertz CT molecular complexity index is 439. The third-order valence-electron chi connectivity index (χ3n) is 2.15. The maximum Gasteiger partial charge on any atom is 0.125 e. The standard InChI is InChI=1S/C8H11N3OS/c1-6-10-5-8-7(11-6)3-2-4-13(8,9)12/h5,9H,2-4H2,1H3. The Morgan fingerprint density at radius 3 is 3.15 bits per heavy atom. The Hall–Kier alpha value is -0.970. The fourth-order valence-corrected chi connectivity index (χ4v) is 3.04. The monoisotopic (exact) mass is 197 g/mol. The Morgan fingerprint density at radius 2 is 2.38 bits per heavy atom. The number of hydrogen-bond acceptors (Lipinski definition) is 4. The van der Waals surface area contributed by atoms with E-state index < -0.39 is 9.73 Å². The van der Waals surface area contributed by atoms with Crippen LogP contribution < -0.4 is 0 Å². The summed E-state index contributed by atoms with van der Waals surface area (Å²) in [6.45, 7) is 1.81. The number of aromatic nitrogens is 2. The third-order valence-corrected chi connectivity index (χ3v) is 4.07. The average molecular weight is 197 g/mol. The van der Waals surface area contributed by atoms with Crippen LogP contribution in [0.1, 0.15) is 17.9 Å². The van der Waals surface area contributed by atoms with Crippen molar-refractivity contribution >= 4 is 9.73 Å². The number of nitrogens with one attached hydrogen (secondary N) is 1. The molecule has 0 saturated carbocycles. The molecule has 1 N–H and O–H groups in total. The highest BCUT2D eigenvalue weighted by Gasteiger charge is 2.21. The van der Waals surface area contributed by atoms with E-state index in [0.717, 1.165) is 18.5 Å². The first-order valence-corrected chi connectivity index (χ1v) is 5.91. The highest BCUT2D eigenvalue weighted by Crippen LogP contribution is 2.22. The van der Waals surface area contributed by atoms with Gasteiger partial charge in [0.05, 0.1) is 20.3 Å². The van der Waals surface area contributed by atoms with Crippen molar-refractivity contribution in [3.05, 3.63) is 17.7 Å². The summed E-state index contributed by atoms with van der Waals surface area (Å²) in [4.78, 5) is 8.72. The Morgan fingerprint density at radius 1 is 1.62 bits per heavy atom. The molecule has 0 spiro atoms. The Labute approximate surface area is 77.4 Å². The van der Waals surface area contributed by atoms with Gasteiger partial charge in [0.2, 0.25) is 0 Å². The van der Waals surface area contributed by atoms with Gasteiger partial charge in [-0.25, -0.2) is 19.0 Å². The van der Waals surface area contributed by atoms with E-state index in [0.29, 0.717) is 16.5 Å². The van der Waals surface area contributed by atoms with E-state index in [4.69, 9.17) is 4.78 Å². The second-order valence-electron chi connectivity index (χ2n) is 3.21. The Balaban J connectivity index is 2.66. The first-order chi connectivity index (χ1) is 6.09. The molecule has 1 aromatic heterocycles. The van der Waals surface area contributed by atoms with Crippen LogP contribution in [0.4, 0.5) is 0 Å². The number of fused-ring (bicyclic) bond motifs is 1. The summed E-state index contributed by atoms with van der Waals surface area (Å²) >= 11 is 0. The van der Waals surface area contributed by atoms with Crippen molar-refractivity contribution in [3.8, 4) is 0 Å². The molecule has 0 fully saturated rings. The summed E-state index contributed by atoms with van der Waals surface area (Å²) in [5, 5.41) is 0. The molecule has 70 valence electrons. The molecule has 0 radical (unpaired) electrons. The van der Waals surface area contributed by atoms with Crippen molar-refractivity contribution in [2.75, 3.05) is 5.75 Å². The van der Waals surface area contributed by atoms with Gasteiger partial charge >= 0.3 is 0 Å². The van der Waals surface area contributed by atoms with Crippen LogP contribution in [0.5, 0.6) is 0 Å². The van der Waals surface area contributed by atoms with Crippen LogP contribution in [-0.4, -0.2) is 19.9 Å². The minimum Gasteiger partial charge on any atom is -0.249 e. The summed E-state index contributed by atoms with van der Waals surface area (Å²) in [6.07, 6.45) is 3.17. The molecular formula is C8H11N3OS. The summed E-state index contributed by atoms with van der Waals surface area (Å²) in [7, 11) is -2.58.